The lowest BCUT2D eigenvalue weighted by Crippen LogP contribution is -2.24. The van der Waals surface area contributed by atoms with Gasteiger partial charge >= 0.3 is 0 Å². The molecule has 0 bridgehead atoms. The third kappa shape index (κ3) is 3.46. The van der Waals surface area contributed by atoms with Crippen molar-refractivity contribution in [1.29, 1.82) is 0 Å². The van der Waals surface area contributed by atoms with Gasteiger partial charge in [0.15, 0.2) is 5.13 Å². The number of thiazole rings is 1. The first-order chi connectivity index (χ1) is 11.0. The minimum atomic E-state index is -0.546. The van der Waals surface area contributed by atoms with Crippen molar-refractivity contribution in [3.05, 3.63) is 62.5 Å². The number of aromatic nitrogens is 3. The maximum absolute atomic E-state index is 12.1. The van der Waals surface area contributed by atoms with E-state index in [4.69, 9.17) is 11.6 Å². The molecule has 3 rings (SSSR count). The summed E-state index contributed by atoms with van der Waals surface area (Å²) in [6, 6.07) is 6.86. The predicted molar refractivity (Wildman–Crippen MR) is 90.1 cm³/mol. The number of hydrogen-bond acceptors (Lipinski definition) is 5. The first kappa shape index (κ1) is 15.4. The summed E-state index contributed by atoms with van der Waals surface area (Å²) in [7, 11) is 0. The van der Waals surface area contributed by atoms with Crippen molar-refractivity contribution < 1.29 is 4.79 Å². The number of aryl methyl sites for hydroxylation is 1. The van der Waals surface area contributed by atoms with E-state index in [1.165, 1.54) is 17.5 Å². The van der Waals surface area contributed by atoms with E-state index in [2.05, 4.69) is 20.3 Å². The maximum Gasteiger partial charge on any atom is 0.264 e. The molecule has 0 aliphatic rings. The van der Waals surface area contributed by atoms with Crippen LogP contribution in [0.5, 0.6) is 0 Å². The zero-order valence-corrected chi connectivity index (χ0v) is 13.5. The number of benzene rings is 1. The van der Waals surface area contributed by atoms with Crippen LogP contribution in [-0.2, 0) is 0 Å². The molecule has 2 heterocycles. The highest BCUT2D eigenvalue weighted by Gasteiger charge is 2.14. The van der Waals surface area contributed by atoms with E-state index in [9.17, 15) is 9.59 Å². The molecule has 6 nitrogen and oxygen atoms in total. The van der Waals surface area contributed by atoms with Crippen LogP contribution in [0.15, 0.2) is 40.6 Å². The van der Waals surface area contributed by atoms with Crippen LogP contribution in [0.1, 0.15) is 16.1 Å². The van der Waals surface area contributed by atoms with Gasteiger partial charge in [-0.15, -0.1) is 11.3 Å². The van der Waals surface area contributed by atoms with Crippen molar-refractivity contribution in [1.82, 2.24) is 15.0 Å². The fourth-order valence-corrected chi connectivity index (χ4v) is 2.70. The number of nitrogens with one attached hydrogen (secondary N) is 2. The summed E-state index contributed by atoms with van der Waals surface area (Å²) in [4.78, 5) is 35.1. The number of anilines is 1. The molecule has 0 fully saturated rings. The number of carbonyl (C=O) groups is 1. The Balaban J connectivity index is 1.85. The quantitative estimate of drug-likeness (QED) is 0.762. The Kier molecular flexibility index (Phi) is 4.22. The van der Waals surface area contributed by atoms with E-state index < -0.39 is 11.5 Å². The van der Waals surface area contributed by atoms with Gasteiger partial charge in [-0.05, 0) is 31.2 Å². The summed E-state index contributed by atoms with van der Waals surface area (Å²) in [6.45, 7) is 1.82. The molecule has 116 valence electrons. The topological polar surface area (TPSA) is 87.7 Å². The first-order valence-corrected chi connectivity index (χ1v) is 7.87. The number of aromatic amines is 1. The Morgan fingerprint density at radius 2 is 2.04 bits per heavy atom. The van der Waals surface area contributed by atoms with Gasteiger partial charge in [0.05, 0.1) is 5.69 Å². The second kappa shape index (κ2) is 6.31. The van der Waals surface area contributed by atoms with Crippen molar-refractivity contribution in [3.8, 4) is 11.4 Å². The van der Waals surface area contributed by atoms with Crippen LogP contribution in [0, 0.1) is 6.92 Å². The van der Waals surface area contributed by atoms with E-state index in [-0.39, 0.29) is 5.56 Å². The van der Waals surface area contributed by atoms with Gasteiger partial charge in [-0.1, -0.05) is 11.6 Å². The highest BCUT2D eigenvalue weighted by molar-refractivity contribution is 7.13. The van der Waals surface area contributed by atoms with E-state index in [1.807, 2.05) is 12.3 Å². The standard InChI is InChI=1S/C15H11ClN4O2S/c1-8-7-23-15(18-8)20-14(22)11-6-17-12(19-13(11)21)9-2-4-10(16)5-3-9/h2-7H,1H3,(H,17,19,21)(H,18,20,22). The minimum Gasteiger partial charge on any atom is -0.306 e. The van der Waals surface area contributed by atoms with E-state index in [0.29, 0.717) is 21.5 Å². The number of H-pyrrole nitrogens is 1. The van der Waals surface area contributed by atoms with E-state index in [1.54, 1.807) is 24.3 Å². The SMILES string of the molecule is Cc1csc(NC(=O)c2cnc(-c3ccc(Cl)cc3)[nH]c2=O)n1. The molecule has 23 heavy (non-hydrogen) atoms. The van der Waals surface area contributed by atoms with Gasteiger partial charge in [-0.2, -0.15) is 0 Å². The van der Waals surface area contributed by atoms with Gasteiger partial charge in [0, 0.05) is 22.2 Å². The number of halogens is 1. The van der Waals surface area contributed by atoms with Crippen molar-refractivity contribution >= 4 is 34.0 Å². The van der Waals surface area contributed by atoms with E-state index in [0.717, 1.165) is 5.69 Å². The van der Waals surface area contributed by atoms with Crippen LogP contribution in [-0.4, -0.2) is 20.9 Å². The largest absolute Gasteiger partial charge is 0.306 e. The van der Waals surface area contributed by atoms with Gasteiger partial charge in [-0.25, -0.2) is 9.97 Å². The van der Waals surface area contributed by atoms with Crippen molar-refractivity contribution in [2.45, 2.75) is 6.92 Å². The molecule has 2 aromatic heterocycles. The van der Waals surface area contributed by atoms with Crippen LogP contribution in [0.3, 0.4) is 0 Å². The third-order valence-corrected chi connectivity index (χ3v) is 4.13. The minimum absolute atomic E-state index is 0.0735. The number of amides is 1. The Labute approximate surface area is 140 Å². The average molecular weight is 347 g/mol. The molecule has 0 atom stereocenters. The lowest BCUT2D eigenvalue weighted by molar-refractivity contribution is 0.102. The van der Waals surface area contributed by atoms with Gasteiger partial charge in [0.2, 0.25) is 0 Å². The van der Waals surface area contributed by atoms with Crippen LogP contribution < -0.4 is 10.9 Å². The highest BCUT2D eigenvalue weighted by atomic mass is 35.5. The molecular weight excluding hydrogens is 336 g/mol. The Hall–Kier alpha value is -2.51. The summed E-state index contributed by atoms with van der Waals surface area (Å²) >= 11 is 7.12. The normalized spacial score (nSPS) is 10.5. The predicted octanol–water partition coefficient (Wildman–Crippen LogP) is 3.11. The number of nitrogens with zero attached hydrogens (tertiary/aromatic N) is 2. The van der Waals surface area contributed by atoms with E-state index >= 15 is 0 Å². The summed E-state index contributed by atoms with van der Waals surface area (Å²) in [5.41, 5.74) is 0.913. The zero-order valence-electron chi connectivity index (χ0n) is 12.0. The summed E-state index contributed by atoms with van der Waals surface area (Å²) in [5.74, 6) is -0.177. The highest BCUT2D eigenvalue weighted by Crippen LogP contribution is 2.17. The maximum atomic E-state index is 12.1. The van der Waals surface area contributed by atoms with Crippen LogP contribution in [0.25, 0.3) is 11.4 Å². The molecule has 8 heteroatoms. The van der Waals surface area contributed by atoms with Crippen LogP contribution >= 0.6 is 22.9 Å². The van der Waals surface area contributed by atoms with Crippen molar-refractivity contribution in [2.24, 2.45) is 0 Å². The number of carbonyl (C=O) groups excluding carboxylic acids is 1. The average Bonchev–Trinajstić information content (AvgIpc) is 2.92. The molecule has 0 aliphatic carbocycles. The molecular formula is C15H11ClN4O2S. The summed E-state index contributed by atoms with van der Waals surface area (Å²) < 4.78 is 0. The van der Waals surface area contributed by atoms with Gasteiger partial charge in [0.25, 0.3) is 11.5 Å². The molecule has 3 aromatic rings. The Morgan fingerprint density at radius 3 is 2.65 bits per heavy atom. The fraction of sp³-hybridized carbons (Fsp3) is 0.0667. The Morgan fingerprint density at radius 1 is 1.30 bits per heavy atom. The fourth-order valence-electron chi connectivity index (χ4n) is 1.89. The zero-order chi connectivity index (χ0) is 16.4. The Bertz CT molecular complexity index is 918. The molecule has 0 spiro atoms. The smallest absolute Gasteiger partial charge is 0.264 e. The van der Waals surface area contributed by atoms with Gasteiger partial charge < -0.3 is 4.98 Å². The lowest BCUT2D eigenvalue weighted by atomic mass is 10.2. The molecule has 0 saturated heterocycles. The van der Waals surface area contributed by atoms with Gasteiger partial charge in [-0.3, -0.25) is 14.9 Å². The second-order valence-electron chi connectivity index (χ2n) is 4.73. The molecule has 1 aromatic carbocycles. The molecule has 0 radical (unpaired) electrons. The second-order valence-corrected chi connectivity index (χ2v) is 6.02. The molecule has 0 saturated carbocycles. The monoisotopic (exact) mass is 346 g/mol. The van der Waals surface area contributed by atoms with Crippen molar-refractivity contribution in [3.63, 3.8) is 0 Å². The van der Waals surface area contributed by atoms with Crippen LogP contribution in [0.4, 0.5) is 5.13 Å². The summed E-state index contributed by atoms with van der Waals surface area (Å²) in [5, 5.41) is 5.41. The number of rotatable bonds is 3. The molecule has 0 aliphatic heterocycles. The van der Waals surface area contributed by atoms with Crippen molar-refractivity contribution in [2.75, 3.05) is 5.32 Å². The third-order valence-electron chi connectivity index (χ3n) is 3.00. The molecule has 1 amide bonds. The molecule has 2 N–H and O–H groups in total. The first-order valence-electron chi connectivity index (χ1n) is 6.61. The summed E-state index contributed by atoms with van der Waals surface area (Å²) in [6.07, 6.45) is 1.25. The van der Waals surface area contributed by atoms with Crippen LogP contribution in [0.2, 0.25) is 5.02 Å². The van der Waals surface area contributed by atoms with Gasteiger partial charge in [0.1, 0.15) is 11.4 Å². The number of hydrogen-bond donors (Lipinski definition) is 2. The molecule has 0 unspecified atom stereocenters. The lowest BCUT2D eigenvalue weighted by Gasteiger charge is -2.03.